The van der Waals surface area contributed by atoms with Crippen LogP contribution in [0.4, 0.5) is 0 Å². The lowest BCUT2D eigenvalue weighted by atomic mass is 10.1. The second-order valence-corrected chi connectivity index (χ2v) is 7.23. The van der Waals surface area contributed by atoms with Crippen molar-refractivity contribution in [2.24, 2.45) is 0 Å². The number of rotatable bonds is 14. The molecule has 0 aliphatic rings. The van der Waals surface area contributed by atoms with Crippen molar-refractivity contribution in [3.8, 4) is 5.75 Å². The highest BCUT2D eigenvalue weighted by Gasteiger charge is 2.28. The zero-order valence-electron chi connectivity index (χ0n) is 14.5. The van der Waals surface area contributed by atoms with Gasteiger partial charge >= 0.3 is 7.82 Å². The van der Waals surface area contributed by atoms with Crippen LogP contribution >= 0.6 is 7.82 Å². The van der Waals surface area contributed by atoms with Gasteiger partial charge in [-0.25, -0.2) is 4.57 Å². The summed E-state index contributed by atoms with van der Waals surface area (Å²) in [6.45, 7) is 5.05. The van der Waals surface area contributed by atoms with Crippen LogP contribution in [0, 0.1) is 0 Å². The quantitative estimate of drug-likeness (QED) is 0.291. The highest BCUT2D eigenvalue weighted by molar-refractivity contribution is 7.48. The summed E-state index contributed by atoms with van der Waals surface area (Å²) in [7, 11) is -3.53. The number of phosphoric acid groups is 1. The van der Waals surface area contributed by atoms with E-state index in [1.54, 1.807) is 12.1 Å². The Morgan fingerprint density at radius 1 is 0.783 bits per heavy atom. The van der Waals surface area contributed by atoms with E-state index < -0.39 is 7.82 Å². The number of unbranched alkanes of at least 4 members (excludes halogenated alkanes) is 6. The molecule has 0 heterocycles. The first kappa shape index (κ1) is 20.2. The summed E-state index contributed by atoms with van der Waals surface area (Å²) >= 11 is 0. The Morgan fingerprint density at radius 3 is 2.00 bits per heavy atom. The first-order chi connectivity index (χ1) is 11.2. The molecule has 0 aromatic heterocycles. The molecule has 1 unspecified atom stereocenters. The van der Waals surface area contributed by atoms with Crippen molar-refractivity contribution in [3.63, 3.8) is 0 Å². The summed E-state index contributed by atoms with van der Waals surface area (Å²) < 4.78 is 29.2. The van der Waals surface area contributed by atoms with Crippen LogP contribution < -0.4 is 4.52 Å². The minimum atomic E-state index is -3.53. The molecule has 0 radical (unpaired) electrons. The lowest BCUT2D eigenvalue weighted by Crippen LogP contribution is -2.05. The fraction of sp³-hybridized carbons (Fsp3) is 0.667. The van der Waals surface area contributed by atoms with Crippen LogP contribution in [0.25, 0.3) is 0 Å². The molecule has 0 aliphatic heterocycles. The van der Waals surface area contributed by atoms with E-state index in [0.717, 1.165) is 25.7 Å². The number of para-hydroxylation sites is 1. The van der Waals surface area contributed by atoms with Crippen molar-refractivity contribution in [2.75, 3.05) is 13.2 Å². The molecule has 0 N–H and O–H groups in total. The van der Waals surface area contributed by atoms with E-state index in [4.69, 9.17) is 13.6 Å². The summed E-state index contributed by atoms with van der Waals surface area (Å²) in [6.07, 6.45) is 8.73. The Bertz CT molecular complexity index is 436. The molecular formula is C18H31O4P. The molecule has 1 aromatic carbocycles. The lowest BCUT2D eigenvalue weighted by Gasteiger charge is -2.18. The molecular weight excluding hydrogens is 311 g/mol. The summed E-state index contributed by atoms with van der Waals surface area (Å²) in [5, 5.41) is 0. The second-order valence-electron chi connectivity index (χ2n) is 5.64. The Labute approximate surface area is 141 Å². The van der Waals surface area contributed by atoms with E-state index in [1.807, 2.05) is 18.2 Å². The molecule has 132 valence electrons. The Hall–Kier alpha value is -0.830. The molecule has 1 atom stereocenters. The molecule has 0 saturated heterocycles. The van der Waals surface area contributed by atoms with E-state index in [2.05, 4.69) is 13.8 Å². The molecule has 0 saturated carbocycles. The van der Waals surface area contributed by atoms with Gasteiger partial charge in [0.15, 0.2) is 0 Å². The zero-order chi connectivity index (χ0) is 16.8. The van der Waals surface area contributed by atoms with Crippen molar-refractivity contribution in [1.29, 1.82) is 0 Å². The Balaban J connectivity index is 2.40. The van der Waals surface area contributed by atoms with Crippen molar-refractivity contribution in [1.82, 2.24) is 0 Å². The number of hydrogen-bond donors (Lipinski definition) is 0. The maximum absolute atomic E-state index is 12.7. The largest absolute Gasteiger partial charge is 0.530 e. The van der Waals surface area contributed by atoms with Gasteiger partial charge in [-0.15, -0.1) is 0 Å². The van der Waals surface area contributed by atoms with Crippen molar-refractivity contribution < 1.29 is 18.1 Å². The fourth-order valence-corrected chi connectivity index (χ4v) is 3.35. The van der Waals surface area contributed by atoms with E-state index in [1.165, 1.54) is 25.7 Å². The van der Waals surface area contributed by atoms with Gasteiger partial charge in [-0.2, -0.15) is 0 Å². The number of phosphoric ester groups is 1. The molecule has 5 heteroatoms. The predicted octanol–water partition coefficient (Wildman–Crippen LogP) is 6.37. The van der Waals surface area contributed by atoms with E-state index >= 15 is 0 Å². The summed E-state index contributed by atoms with van der Waals surface area (Å²) in [5.74, 6) is 0.510. The molecule has 1 aromatic rings. The third kappa shape index (κ3) is 9.80. The highest BCUT2D eigenvalue weighted by Crippen LogP contribution is 2.49. The average molecular weight is 342 g/mol. The van der Waals surface area contributed by atoms with Crippen molar-refractivity contribution in [2.45, 2.75) is 65.2 Å². The standard InChI is InChI=1S/C18H31O4P/c1-3-5-7-8-9-13-17-21-23(19,20-16-6-4-2)22-18-14-11-10-12-15-18/h10-12,14-15H,3-9,13,16-17H2,1-2H3. The maximum Gasteiger partial charge on any atom is 0.530 e. The van der Waals surface area contributed by atoms with E-state index in [9.17, 15) is 4.57 Å². The van der Waals surface area contributed by atoms with E-state index in [0.29, 0.717) is 19.0 Å². The van der Waals surface area contributed by atoms with Crippen LogP contribution in [0.2, 0.25) is 0 Å². The van der Waals surface area contributed by atoms with Gasteiger partial charge in [0.05, 0.1) is 13.2 Å². The third-order valence-electron chi connectivity index (χ3n) is 3.46. The van der Waals surface area contributed by atoms with Gasteiger partial charge in [0.25, 0.3) is 0 Å². The molecule has 23 heavy (non-hydrogen) atoms. The van der Waals surface area contributed by atoms with Crippen LogP contribution in [-0.4, -0.2) is 13.2 Å². The van der Waals surface area contributed by atoms with Gasteiger partial charge in [-0.05, 0) is 25.0 Å². The van der Waals surface area contributed by atoms with Crippen LogP contribution in [0.5, 0.6) is 5.75 Å². The van der Waals surface area contributed by atoms with Gasteiger partial charge in [-0.1, -0.05) is 70.6 Å². The topological polar surface area (TPSA) is 44.8 Å². The van der Waals surface area contributed by atoms with Gasteiger partial charge in [0, 0.05) is 0 Å². The van der Waals surface area contributed by atoms with Crippen LogP contribution in [0.3, 0.4) is 0 Å². The van der Waals surface area contributed by atoms with Gasteiger partial charge in [0.2, 0.25) is 0 Å². The molecule has 0 spiro atoms. The molecule has 0 aliphatic carbocycles. The van der Waals surface area contributed by atoms with Crippen molar-refractivity contribution >= 4 is 7.82 Å². The fourth-order valence-electron chi connectivity index (χ4n) is 2.08. The minimum absolute atomic E-state index is 0.386. The number of hydrogen-bond acceptors (Lipinski definition) is 4. The van der Waals surface area contributed by atoms with Gasteiger partial charge in [-0.3, -0.25) is 9.05 Å². The lowest BCUT2D eigenvalue weighted by molar-refractivity contribution is 0.151. The zero-order valence-corrected chi connectivity index (χ0v) is 15.4. The normalized spacial score (nSPS) is 13.7. The highest BCUT2D eigenvalue weighted by atomic mass is 31.2. The van der Waals surface area contributed by atoms with Gasteiger partial charge < -0.3 is 4.52 Å². The molecule has 4 nitrogen and oxygen atoms in total. The minimum Gasteiger partial charge on any atom is -0.404 e. The Morgan fingerprint density at radius 2 is 1.35 bits per heavy atom. The molecule has 0 fully saturated rings. The molecule has 0 bridgehead atoms. The molecule has 0 amide bonds. The summed E-state index contributed by atoms with van der Waals surface area (Å²) in [4.78, 5) is 0. The smallest absolute Gasteiger partial charge is 0.404 e. The monoisotopic (exact) mass is 342 g/mol. The van der Waals surface area contributed by atoms with Crippen molar-refractivity contribution in [3.05, 3.63) is 30.3 Å². The maximum atomic E-state index is 12.7. The SMILES string of the molecule is CCCCCCCCOP(=O)(OCCCC)Oc1ccccc1. The predicted molar refractivity (Wildman–Crippen MR) is 94.9 cm³/mol. The van der Waals surface area contributed by atoms with Gasteiger partial charge in [0.1, 0.15) is 5.75 Å². The van der Waals surface area contributed by atoms with E-state index in [-0.39, 0.29) is 0 Å². The van der Waals surface area contributed by atoms with Crippen LogP contribution in [-0.2, 0) is 13.6 Å². The first-order valence-electron chi connectivity index (χ1n) is 8.84. The first-order valence-corrected chi connectivity index (χ1v) is 10.3. The van der Waals surface area contributed by atoms with Crippen LogP contribution in [0.1, 0.15) is 65.2 Å². The summed E-state index contributed by atoms with van der Waals surface area (Å²) in [5.41, 5.74) is 0. The second kappa shape index (κ2) is 12.6. The summed E-state index contributed by atoms with van der Waals surface area (Å²) in [6, 6.07) is 9.06. The third-order valence-corrected chi connectivity index (χ3v) is 4.89. The molecule has 1 rings (SSSR count). The Kier molecular flexibility index (Phi) is 11.1. The number of benzene rings is 1. The average Bonchev–Trinajstić information content (AvgIpc) is 2.55. The van der Waals surface area contributed by atoms with Crippen LogP contribution in [0.15, 0.2) is 30.3 Å².